The van der Waals surface area contributed by atoms with E-state index in [0.29, 0.717) is 10.0 Å². The second-order valence-corrected chi connectivity index (χ2v) is 7.77. The Kier molecular flexibility index (Phi) is 5.16. The quantitative estimate of drug-likeness (QED) is 0.717. The van der Waals surface area contributed by atoms with Gasteiger partial charge >= 0.3 is 0 Å². The molecule has 0 saturated carbocycles. The second kappa shape index (κ2) is 7.53. The first kappa shape index (κ1) is 17.1. The van der Waals surface area contributed by atoms with E-state index in [1.807, 2.05) is 29.1 Å². The maximum Gasteiger partial charge on any atom is 0.0664 e. The third-order valence-corrected chi connectivity index (χ3v) is 6.01. The number of hydrogen-bond donors (Lipinski definition) is 0. The van der Waals surface area contributed by atoms with Crippen LogP contribution in [0.2, 0.25) is 10.0 Å². The molecule has 1 fully saturated rings. The zero-order chi connectivity index (χ0) is 17.2. The van der Waals surface area contributed by atoms with Gasteiger partial charge in [0, 0.05) is 12.1 Å². The van der Waals surface area contributed by atoms with Crippen LogP contribution in [0.3, 0.4) is 0 Å². The highest BCUT2D eigenvalue weighted by atomic mass is 35.5. The van der Waals surface area contributed by atoms with E-state index >= 15 is 0 Å². The molecule has 2 aromatic rings. The molecule has 1 saturated heterocycles. The number of aromatic nitrogens is 2. The highest BCUT2D eigenvalue weighted by molar-refractivity contribution is 6.42. The normalized spacial score (nSPS) is 20.0. The molecule has 3 nitrogen and oxygen atoms in total. The van der Waals surface area contributed by atoms with Crippen molar-refractivity contribution in [3.05, 3.63) is 51.8 Å². The molecule has 25 heavy (non-hydrogen) atoms. The van der Waals surface area contributed by atoms with Gasteiger partial charge < -0.3 is 0 Å². The van der Waals surface area contributed by atoms with Gasteiger partial charge in [-0.15, -0.1) is 0 Å². The fraction of sp³-hybridized carbons (Fsp3) is 0.450. The van der Waals surface area contributed by atoms with Crippen LogP contribution in [0.4, 0.5) is 0 Å². The van der Waals surface area contributed by atoms with E-state index in [9.17, 15) is 0 Å². The van der Waals surface area contributed by atoms with Crippen molar-refractivity contribution in [2.24, 2.45) is 0 Å². The van der Waals surface area contributed by atoms with E-state index in [-0.39, 0.29) is 0 Å². The lowest BCUT2D eigenvalue weighted by molar-refractivity contribution is 0.251. The van der Waals surface area contributed by atoms with Crippen molar-refractivity contribution in [3.8, 4) is 5.69 Å². The molecule has 5 heteroatoms. The number of nitrogens with zero attached hydrogens (tertiary/aromatic N) is 3. The lowest BCUT2D eigenvalue weighted by Crippen LogP contribution is -2.29. The molecule has 0 atom stereocenters. The Hall–Kier alpha value is -1.29. The Balaban J connectivity index is 1.60. The first-order chi connectivity index (χ1) is 12.2. The number of piperidine rings is 1. The Morgan fingerprint density at radius 2 is 1.84 bits per heavy atom. The monoisotopic (exact) mass is 375 g/mol. The van der Waals surface area contributed by atoms with Crippen LogP contribution in [0, 0.1) is 0 Å². The number of likely N-dealkylation sites (tertiary alicyclic amines) is 1. The van der Waals surface area contributed by atoms with Crippen LogP contribution in [-0.2, 0) is 6.42 Å². The summed E-state index contributed by atoms with van der Waals surface area (Å²) in [7, 11) is 0. The molecule has 2 heterocycles. The second-order valence-electron chi connectivity index (χ2n) is 6.96. The highest BCUT2D eigenvalue weighted by Crippen LogP contribution is 2.33. The Bertz CT molecular complexity index is 788. The summed E-state index contributed by atoms with van der Waals surface area (Å²) in [6.45, 7) is 3.53. The fourth-order valence-corrected chi connectivity index (χ4v) is 4.19. The first-order valence-electron chi connectivity index (χ1n) is 9.16. The third-order valence-electron chi connectivity index (χ3n) is 5.27. The van der Waals surface area contributed by atoms with Gasteiger partial charge in [0.1, 0.15) is 0 Å². The summed E-state index contributed by atoms with van der Waals surface area (Å²) in [4.78, 5) is 2.56. The molecule has 0 bridgehead atoms. The predicted molar refractivity (Wildman–Crippen MR) is 105 cm³/mol. The summed E-state index contributed by atoms with van der Waals surface area (Å²) < 4.78 is 2.02. The molecule has 1 aromatic carbocycles. The number of fused-ring (bicyclic) bond motifs is 1. The van der Waals surface area contributed by atoms with Gasteiger partial charge in [-0.2, -0.15) is 5.10 Å². The summed E-state index contributed by atoms with van der Waals surface area (Å²) in [5, 5.41) is 5.79. The number of allylic oxidation sites excluding steroid dienone is 1. The van der Waals surface area contributed by atoms with Crippen LogP contribution >= 0.6 is 23.2 Å². The minimum atomic E-state index is 0.570. The topological polar surface area (TPSA) is 21.1 Å². The molecule has 1 aliphatic heterocycles. The molecule has 0 unspecified atom stereocenters. The summed E-state index contributed by atoms with van der Waals surface area (Å²) >= 11 is 12.2. The third kappa shape index (κ3) is 3.64. The van der Waals surface area contributed by atoms with Gasteiger partial charge in [0.05, 0.1) is 27.6 Å². The maximum absolute atomic E-state index is 6.19. The fourth-order valence-electron chi connectivity index (χ4n) is 3.90. The van der Waals surface area contributed by atoms with E-state index in [1.165, 1.54) is 55.6 Å². The molecule has 0 spiro atoms. The van der Waals surface area contributed by atoms with E-state index in [4.69, 9.17) is 23.2 Å². The molecule has 1 aromatic heterocycles. The molecular formula is C20H23Cl2N3. The van der Waals surface area contributed by atoms with Gasteiger partial charge in [0.15, 0.2) is 0 Å². The summed E-state index contributed by atoms with van der Waals surface area (Å²) in [6, 6.07) is 5.71. The zero-order valence-electron chi connectivity index (χ0n) is 14.3. The van der Waals surface area contributed by atoms with E-state index in [0.717, 1.165) is 25.1 Å². The summed E-state index contributed by atoms with van der Waals surface area (Å²) in [6.07, 6.45) is 11.9. The average molecular weight is 376 g/mol. The lowest BCUT2D eigenvalue weighted by atomic mass is 9.92. The van der Waals surface area contributed by atoms with E-state index in [2.05, 4.69) is 16.1 Å². The largest absolute Gasteiger partial charge is 0.300 e. The van der Waals surface area contributed by atoms with Crippen molar-refractivity contribution in [1.29, 1.82) is 0 Å². The van der Waals surface area contributed by atoms with Gasteiger partial charge in [-0.25, -0.2) is 4.68 Å². The minimum Gasteiger partial charge on any atom is -0.300 e. The van der Waals surface area contributed by atoms with Crippen LogP contribution in [-0.4, -0.2) is 34.3 Å². The lowest BCUT2D eigenvalue weighted by Gasteiger charge is -2.26. The summed E-state index contributed by atoms with van der Waals surface area (Å²) in [5.41, 5.74) is 5.01. The van der Waals surface area contributed by atoms with Crippen molar-refractivity contribution in [3.63, 3.8) is 0 Å². The first-order valence-corrected chi connectivity index (χ1v) is 9.92. The number of rotatable bonds is 3. The molecule has 132 valence electrons. The van der Waals surface area contributed by atoms with Crippen LogP contribution in [0.5, 0.6) is 0 Å². The predicted octanol–water partition coefficient (Wildman–Crippen LogP) is 5.38. The Morgan fingerprint density at radius 1 is 1.00 bits per heavy atom. The van der Waals surface area contributed by atoms with E-state index in [1.54, 1.807) is 0 Å². The molecule has 2 aliphatic rings. The van der Waals surface area contributed by atoms with Crippen molar-refractivity contribution >= 4 is 28.8 Å². The van der Waals surface area contributed by atoms with Gasteiger partial charge in [-0.1, -0.05) is 35.7 Å². The molecule has 1 aliphatic carbocycles. The Morgan fingerprint density at radius 3 is 2.64 bits per heavy atom. The SMILES string of the molecule is Clc1ccc(-n2ncc3c2CCC/C3=C\CN2CCCCC2)cc1Cl. The number of hydrogen-bond acceptors (Lipinski definition) is 2. The standard InChI is InChI=1S/C20H23Cl2N3/c21-18-8-7-16(13-19(18)22)25-20-6-4-5-15(17(20)14-23-25)9-12-24-10-2-1-3-11-24/h7-9,13-14H,1-6,10-12H2/b15-9+. The van der Waals surface area contributed by atoms with Crippen molar-refractivity contribution in [1.82, 2.24) is 14.7 Å². The molecule has 0 N–H and O–H groups in total. The van der Waals surface area contributed by atoms with Gasteiger partial charge in [0.2, 0.25) is 0 Å². The maximum atomic E-state index is 6.19. The van der Waals surface area contributed by atoms with Crippen molar-refractivity contribution < 1.29 is 0 Å². The molecule has 4 rings (SSSR count). The molecule has 0 radical (unpaired) electrons. The van der Waals surface area contributed by atoms with Crippen molar-refractivity contribution in [2.45, 2.75) is 38.5 Å². The van der Waals surface area contributed by atoms with Gasteiger partial charge in [0.25, 0.3) is 0 Å². The van der Waals surface area contributed by atoms with Gasteiger partial charge in [-0.05, 0) is 69.0 Å². The molecule has 0 amide bonds. The molecular weight excluding hydrogens is 353 g/mol. The smallest absolute Gasteiger partial charge is 0.0664 e. The van der Waals surface area contributed by atoms with Crippen LogP contribution in [0.25, 0.3) is 11.3 Å². The summed E-state index contributed by atoms with van der Waals surface area (Å²) in [5.74, 6) is 0. The highest BCUT2D eigenvalue weighted by Gasteiger charge is 2.20. The number of benzene rings is 1. The zero-order valence-corrected chi connectivity index (χ0v) is 15.9. The minimum absolute atomic E-state index is 0.570. The van der Waals surface area contributed by atoms with E-state index < -0.39 is 0 Å². The van der Waals surface area contributed by atoms with Crippen LogP contribution < -0.4 is 0 Å². The average Bonchev–Trinajstić information content (AvgIpc) is 3.08. The number of halogens is 2. The van der Waals surface area contributed by atoms with Crippen molar-refractivity contribution in [2.75, 3.05) is 19.6 Å². The Labute approximate surface area is 159 Å². The van der Waals surface area contributed by atoms with Gasteiger partial charge in [-0.3, -0.25) is 4.90 Å². The van der Waals surface area contributed by atoms with Crippen LogP contribution in [0.1, 0.15) is 43.4 Å². The van der Waals surface area contributed by atoms with Crippen LogP contribution in [0.15, 0.2) is 30.5 Å².